The van der Waals surface area contributed by atoms with E-state index in [-0.39, 0.29) is 11.1 Å². The summed E-state index contributed by atoms with van der Waals surface area (Å²) >= 11 is 8.08. The quantitative estimate of drug-likeness (QED) is 0.766. The molecule has 1 nitrogen and oxygen atoms in total. The van der Waals surface area contributed by atoms with Crippen molar-refractivity contribution >= 4 is 43.2 Å². The highest BCUT2D eigenvalue weighted by atomic mass is 79.9. The molecule has 0 spiro atoms. The van der Waals surface area contributed by atoms with E-state index in [2.05, 4.69) is 31.9 Å². The number of halogens is 4. The third kappa shape index (κ3) is 2.66. The Labute approximate surface area is 124 Å². The van der Waals surface area contributed by atoms with Crippen molar-refractivity contribution in [2.75, 3.05) is 0 Å². The zero-order chi connectivity index (χ0) is 13.4. The number of thiophene rings is 1. The Morgan fingerprint density at radius 2 is 1.83 bits per heavy atom. The largest absolute Gasteiger partial charge is 0.320 e. The smallest absolute Gasteiger partial charge is 0.128 e. The highest BCUT2D eigenvalue weighted by molar-refractivity contribution is 9.13. The van der Waals surface area contributed by atoms with E-state index in [0.29, 0.717) is 0 Å². The van der Waals surface area contributed by atoms with Crippen molar-refractivity contribution in [1.29, 1.82) is 0 Å². The molecular weight excluding hydrogens is 388 g/mol. The number of hydrogen-bond acceptors (Lipinski definition) is 2. The molecule has 2 aromatic rings. The van der Waals surface area contributed by atoms with Crippen LogP contribution in [0.3, 0.4) is 0 Å². The molecule has 0 aliphatic heterocycles. The summed E-state index contributed by atoms with van der Waals surface area (Å²) in [6.07, 6.45) is 0. The van der Waals surface area contributed by atoms with Gasteiger partial charge in [0.1, 0.15) is 11.6 Å². The van der Waals surface area contributed by atoms with Gasteiger partial charge in [0.15, 0.2) is 0 Å². The normalized spacial score (nSPS) is 12.8. The highest BCUT2D eigenvalue weighted by Gasteiger charge is 2.18. The number of hydrogen-bond donors (Lipinski definition) is 1. The first kappa shape index (κ1) is 14.1. The van der Waals surface area contributed by atoms with Gasteiger partial charge >= 0.3 is 0 Å². The predicted molar refractivity (Wildman–Crippen MR) is 76.8 cm³/mol. The van der Waals surface area contributed by atoms with Crippen molar-refractivity contribution in [2.45, 2.75) is 13.0 Å². The van der Waals surface area contributed by atoms with Crippen LogP contribution in [0.5, 0.6) is 0 Å². The Morgan fingerprint density at radius 3 is 2.39 bits per heavy atom. The van der Waals surface area contributed by atoms with E-state index < -0.39 is 17.7 Å². The Hall–Kier alpha value is -0.300. The van der Waals surface area contributed by atoms with Crippen LogP contribution < -0.4 is 5.73 Å². The lowest BCUT2D eigenvalue weighted by atomic mass is 10.0. The van der Waals surface area contributed by atoms with Gasteiger partial charge in [-0.15, -0.1) is 11.3 Å². The molecule has 0 radical (unpaired) electrons. The van der Waals surface area contributed by atoms with Gasteiger partial charge in [-0.2, -0.15) is 0 Å². The third-order valence-corrected chi connectivity index (χ3v) is 5.92. The van der Waals surface area contributed by atoms with Gasteiger partial charge in [-0.05, 0) is 62.5 Å². The molecule has 18 heavy (non-hydrogen) atoms. The second-order valence-electron chi connectivity index (χ2n) is 3.87. The maximum Gasteiger partial charge on any atom is 0.128 e. The molecule has 0 fully saturated rings. The fraction of sp³-hybridized carbons (Fsp3) is 0.167. The van der Waals surface area contributed by atoms with Crippen molar-refractivity contribution in [3.63, 3.8) is 0 Å². The molecule has 2 rings (SSSR count). The Balaban J connectivity index is 2.45. The van der Waals surface area contributed by atoms with Crippen LogP contribution >= 0.6 is 43.2 Å². The fourth-order valence-electron chi connectivity index (χ4n) is 1.57. The lowest BCUT2D eigenvalue weighted by Crippen LogP contribution is -2.13. The predicted octanol–water partition coefficient (Wildman–Crippen LogP) is 4.91. The van der Waals surface area contributed by atoms with Crippen molar-refractivity contribution in [2.24, 2.45) is 5.73 Å². The van der Waals surface area contributed by atoms with Gasteiger partial charge in [0, 0.05) is 14.9 Å². The molecule has 1 aromatic heterocycles. The molecule has 1 unspecified atom stereocenters. The molecule has 1 atom stereocenters. The SMILES string of the molecule is Cc1cc(F)c(C(N)c2cc(Br)c(Br)s2)cc1F. The molecule has 1 heterocycles. The summed E-state index contributed by atoms with van der Waals surface area (Å²) in [7, 11) is 0. The van der Waals surface area contributed by atoms with E-state index in [0.717, 1.165) is 19.2 Å². The van der Waals surface area contributed by atoms with Crippen LogP contribution in [0.1, 0.15) is 22.0 Å². The highest BCUT2D eigenvalue weighted by Crippen LogP contribution is 2.37. The number of rotatable bonds is 2. The van der Waals surface area contributed by atoms with Gasteiger partial charge in [-0.3, -0.25) is 0 Å². The first-order chi connectivity index (χ1) is 8.40. The summed E-state index contributed by atoms with van der Waals surface area (Å²) in [6, 6.07) is 3.46. The van der Waals surface area contributed by atoms with Crippen molar-refractivity contribution in [1.82, 2.24) is 0 Å². The molecule has 1 aromatic carbocycles. The minimum atomic E-state index is -0.673. The molecule has 0 amide bonds. The molecule has 0 saturated heterocycles. The van der Waals surface area contributed by atoms with Gasteiger partial charge in [0.25, 0.3) is 0 Å². The van der Waals surface area contributed by atoms with E-state index in [9.17, 15) is 8.78 Å². The van der Waals surface area contributed by atoms with Gasteiger partial charge in [0.05, 0.1) is 9.83 Å². The van der Waals surface area contributed by atoms with E-state index in [1.165, 1.54) is 24.3 Å². The topological polar surface area (TPSA) is 26.0 Å². The van der Waals surface area contributed by atoms with Gasteiger partial charge < -0.3 is 5.73 Å². The molecule has 0 aliphatic carbocycles. The Bertz CT molecular complexity index is 579. The number of aryl methyl sites for hydroxylation is 1. The molecule has 6 heteroatoms. The zero-order valence-electron chi connectivity index (χ0n) is 9.31. The van der Waals surface area contributed by atoms with Crippen molar-refractivity contribution in [3.8, 4) is 0 Å². The van der Waals surface area contributed by atoms with Crippen molar-refractivity contribution in [3.05, 3.63) is 54.1 Å². The van der Waals surface area contributed by atoms with Gasteiger partial charge in [0.2, 0.25) is 0 Å². The maximum atomic E-state index is 13.8. The summed E-state index contributed by atoms with van der Waals surface area (Å²) in [5.41, 5.74) is 6.42. The molecule has 0 aliphatic rings. The average Bonchev–Trinajstić information content (AvgIpc) is 2.63. The zero-order valence-corrected chi connectivity index (χ0v) is 13.3. The first-order valence-corrected chi connectivity index (χ1v) is 7.46. The summed E-state index contributed by atoms with van der Waals surface area (Å²) in [4.78, 5) is 0.760. The molecule has 96 valence electrons. The van der Waals surface area contributed by atoms with E-state index in [4.69, 9.17) is 5.73 Å². The lowest BCUT2D eigenvalue weighted by Gasteiger charge is -2.12. The Morgan fingerprint density at radius 1 is 1.17 bits per heavy atom. The van der Waals surface area contributed by atoms with Crippen LogP contribution in [0.2, 0.25) is 0 Å². The van der Waals surface area contributed by atoms with Crippen LogP contribution in [0.25, 0.3) is 0 Å². The average molecular weight is 397 g/mol. The maximum absolute atomic E-state index is 13.8. The second-order valence-corrected chi connectivity index (χ2v) is 7.13. The molecular formula is C12H9Br2F2NS. The summed E-state index contributed by atoms with van der Waals surface area (Å²) in [5.74, 6) is -0.932. The van der Waals surface area contributed by atoms with E-state index in [1.807, 2.05) is 0 Å². The molecule has 2 N–H and O–H groups in total. The van der Waals surface area contributed by atoms with Gasteiger partial charge in [-0.25, -0.2) is 8.78 Å². The van der Waals surface area contributed by atoms with Gasteiger partial charge in [-0.1, -0.05) is 0 Å². The minimum Gasteiger partial charge on any atom is -0.320 e. The second kappa shape index (κ2) is 5.36. The molecule has 0 saturated carbocycles. The summed E-state index contributed by atoms with van der Waals surface area (Å²) < 4.78 is 29.0. The minimum absolute atomic E-state index is 0.166. The van der Waals surface area contributed by atoms with Crippen LogP contribution in [0.15, 0.2) is 26.5 Å². The molecule has 0 bridgehead atoms. The van der Waals surface area contributed by atoms with Crippen LogP contribution in [-0.2, 0) is 0 Å². The fourth-order valence-corrected chi connectivity index (χ4v) is 3.68. The number of benzene rings is 1. The van der Waals surface area contributed by atoms with E-state index >= 15 is 0 Å². The number of nitrogens with two attached hydrogens (primary N) is 1. The van der Waals surface area contributed by atoms with E-state index in [1.54, 1.807) is 6.07 Å². The third-order valence-electron chi connectivity index (χ3n) is 2.58. The monoisotopic (exact) mass is 395 g/mol. The van der Waals surface area contributed by atoms with Crippen LogP contribution in [0.4, 0.5) is 8.78 Å². The van der Waals surface area contributed by atoms with Crippen LogP contribution in [-0.4, -0.2) is 0 Å². The Kier molecular flexibility index (Phi) is 4.21. The lowest BCUT2D eigenvalue weighted by molar-refractivity contribution is 0.571. The standard InChI is InChI=1S/C12H9Br2F2NS/c1-5-2-9(16)6(3-8(5)15)11(17)10-4-7(13)12(14)18-10/h2-4,11H,17H2,1H3. The van der Waals surface area contributed by atoms with Crippen molar-refractivity contribution < 1.29 is 8.78 Å². The van der Waals surface area contributed by atoms with Crippen LogP contribution in [0, 0.1) is 18.6 Å². The first-order valence-electron chi connectivity index (χ1n) is 5.06. The summed E-state index contributed by atoms with van der Waals surface area (Å²) in [5, 5.41) is 0. The summed E-state index contributed by atoms with van der Waals surface area (Å²) in [6.45, 7) is 1.52.